The summed E-state index contributed by atoms with van der Waals surface area (Å²) in [5, 5.41) is 0.305. The van der Waals surface area contributed by atoms with Gasteiger partial charge in [0.15, 0.2) is 0 Å². The molecule has 0 spiro atoms. The normalized spacial score (nSPS) is 12.0. The lowest BCUT2D eigenvalue weighted by Gasteiger charge is -2.10. The fourth-order valence-corrected chi connectivity index (χ4v) is 3.09. The Bertz CT molecular complexity index is 744. The molecule has 0 fully saturated rings. The standard InChI is InChI=1S/C20H21F3O2S/c1-2-5-15(26)7-3-6-13-10-11-14(12-18(13)23)25-20(24)19-16(21)8-4-9-17(19)22/h4,8-12,15,26H,2-3,5-7H2,1H3. The number of rotatable bonds is 8. The van der Waals surface area contributed by atoms with Crippen LogP contribution < -0.4 is 4.74 Å². The van der Waals surface area contributed by atoms with Crippen LogP contribution in [0.25, 0.3) is 0 Å². The Morgan fingerprint density at radius 3 is 2.38 bits per heavy atom. The van der Waals surface area contributed by atoms with E-state index >= 15 is 0 Å². The van der Waals surface area contributed by atoms with Gasteiger partial charge in [-0.05, 0) is 49.4 Å². The van der Waals surface area contributed by atoms with Crippen molar-refractivity contribution in [1.82, 2.24) is 0 Å². The van der Waals surface area contributed by atoms with Gasteiger partial charge in [0.25, 0.3) is 0 Å². The first kappa shape index (κ1) is 20.4. The number of benzene rings is 2. The van der Waals surface area contributed by atoms with Crippen molar-refractivity contribution >= 4 is 18.6 Å². The molecule has 0 N–H and O–H groups in total. The monoisotopic (exact) mass is 382 g/mol. The molecule has 2 aromatic carbocycles. The molecule has 2 rings (SSSR count). The SMILES string of the molecule is CCCC(S)CCCc1ccc(OC(=O)c2c(F)cccc2F)cc1F. The molecule has 2 aromatic rings. The lowest BCUT2D eigenvalue weighted by Crippen LogP contribution is -2.13. The molecule has 0 amide bonds. The fourth-order valence-electron chi connectivity index (χ4n) is 2.65. The highest BCUT2D eigenvalue weighted by molar-refractivity contribution is 7.80. The van der Waals surface area contributed by atoms with Gasteiger partial charge in [-0.3, -0.25) is 0 Å². The number of carbonyl (C=O) groups excluding carboxylic acids is 1. The fraction of sp³-hybridized carbons (Fsp3) is 0.350. The minimum Gasteiger partial charge on any atom is -0.423 e. The Balaban J connectivity index is 2.00. The summed E-state index contributed by atoms with van der Waals surface area (Å²) in [7, 11) is 0. The van der Waals surface area contributed by atoms with Crippen molar-refractivity contribution in [2.45, 2.75) is 44.3 Å². The second-order valence-corrected chi connectivity index (χ2v) is 6.80. The van der Waals surface area contributed by atoms with Crippen molar-refractivity contribution in [3.8, 4) is 5.75 Å². The Morgan fingerprint density at radius 1 is 1.08 bits per heavy atom. The van der Waals surface area contributed by atoms with E-state index in [1.54, 1.807) is 0 Å². The molecule has 2 nitrogen and oxygen atoms in total. The Hall–Kier alpha value is -1.95. The third-order valence-corrected chi connectivity index (χ3v) is 4.52. The van der Waals surface area contributed by atoms with Gasteiger partial charge in [-0.25, -0.2) is 18.0 Å². The van der Waals surface area contributed by atoms with Crippen LogP contribution >= 0.6 is 12.6 Å². The van der Waals surface area contributed by atoms with E-state index in [0.29, 0.717) is 17.2 Å². The zero-order chi connectivity index (χ0) is 19.1. The summed E-state index contributed by atoms with van der Waals surface area (Å²) in [5.41, 5.74) is -0.299. The minimum atomic E-state index is -1.20. The van der Waals surface area contributed by atoms with Gasteiger partial charge in [0, 0.05) is 11.3 Å². The van der Waals surface area contributed by atoms with Gasteiger partial charge in [0.2, 0.25) is 0 Å². The van der Waals surface area contributed by atoms with Gasteiger partial charge in [-0.1, -0.05) is 25.5 Å². The second kappa shape index (κ2) is 9.67. The highest BCUT2D eigenvalue weighted by Gasteiger charge is 2.19. The number of carbonyl (C=O) groups is 1. The second-order valence-electron chi connectivity index (χ2n) is 6.07. The molecular weight excluding hydrogens is 361 g/mol. The number of halogens is 3. The zero-order valence-electron chi connectivity index (χ0n) is 14.5. The van der Waals surface area contributed by atoms with E-state index in [1.807, 2.05) is 0 Å². The number of thiol groups is 1. The number of hydrogen-bond donors (Lipinski definition) is 1. The van der Waals surface area contributed by atoms with E-state index in [4.69, 9.17) is 4.74 Å². The first-order valence-corrected chi connectivity index (χ1v) is 9.06. The first-order chi connectivity index (χ1) is 12.4. The third-order valence-electron chi connectivity index (χ3n) is 4.01. The third kappa shape index (κ3) is 5.53. The Kier molecular flexibility index (Phi) is 7.57. The summed E-state index contributed by atoms with van der Waals surface area (Å²) in [4.78, 5) is 11.9. The summed E-state index contributed by atoms with van der Waals surface area (Å²) >= 11 is 4.48. The zero-order valence-corrected chi connectivity index (χ0v) is 15.4. The largest absolute Gasteiger partial charge is 0.423 e. The lowest BCUT2D eigenvalue weighted by molar-refractivity contribution is 0.0724. The maximum absolute atomic E-state index is 14.2. The van der Waals surface area contributed by atoms with E-state index in [1.165, 1.54) is 12.1 Å². The molecule has 0 aliphatic heterocycles. The minimum absolute atomic E-state index is 0.100. The van der Waals surface area contributed by atoms with Gasteiger partial charge >= 0.3 is 5.97 Å². The topological polar surface area (TPSA) is 26.3 Å². The molecule has 0 aliphatic rings. The van der Waals surface area contributed by atoms with Crippen LogP contribution in [0.15, 0.2) is 36.4 Å². The van der Waals surface area contributed by atoms with Crippen LogP contribution in [-0.2, 0) is 6.42 Å². The summed E-state index contributed by atoms with van der Waals surface area (Å²) in [6.07, 6.45) is 4.31. The van der Waals surface area contributed by atoms with Crippen molar-refractivity contribution in [2.75, 3.05) is 0 Å². The van der Waals surface area contributed by atoms with Crippen molar-refractivity contribution in [3.63, 3.8) is 0 Å². The smallest absolute Gasteiger partial charge is 0.349 e. The molecule has 0 saturated carbocycles. The highest BCUT2D eigenvalue weighted by atomic mass is 32.1. The number of hydrogen-bond acceptors (Lipinski definition) is 3. The summed E-state index contributed by atoms with van der Waals surface area (Å²) in [5.74, 6) is -3.88. The van der Waals surface area contributed by atoms with E-state index in [-0.39, 0.29) is 5.75 Å². The molecule has 0 heterocycles. The van der Waals surface area contributed by atoms with Gasteiger partial charge in [0.1, 0.15) is 28.8 Å². The predicted molar refractivity (Wildman–Crippen MR) is 98.3 cm³/mol. The summed E-state index contributed by atoms with van der Waals surface area (Å²) < 4.78 is 46.2. The van der Waals surface area contributed by atoms with E-state index < -0.39 is 29.0 Å². The highest BCUT2D eigenvalue weighted by Crippen LogP contribution is 2.22. The van der Waals surface area contributed by atoms with Gasteiger partial charge in [-0.15, -0.1) is 0 Å². The van der Waals surface area contributed by atoms with Crippen LogP contribution in [0.4, 0.5) is 13.2 Å². The molecular formula is C20H21F3O2S. The van der Waals surface area contributed by atoms with Crippen LogP contribution in [0.1, 0.15) is 48.5 Å². The van der Waals surface area contributed by atoms with Crippen LogP contribution in [0.5, 0.6) is 5.75 Å². The van der Waals surface area contributed by atoms with Gasteiger partial charge in [-0.2, -0.15) is 12.6 Å². The van der Waals surface area contributed by atoms with Crippen molar-refractivity contribution < 1.29 is 22.7 Å². The molecule has 1 unspecified atom stereocenters. The maximum Gasteiger partial charge on any atom is 0.349 e. The number of esters is 1. The van der Waals surface area contributed by atoms with Crippen LogP contribution in [-0.4, -0.2) is 11.2 Å². The first-order valence-electron chi connectivity index (χ1n) is 8.55. The molecule has 0 radical (unpaired) electrons. The molecule has 0 bridgehead atoms. The van der Waals surface area contributed by atoms with E-state index in [9.17, 15) is 18.0 Å². The Labute approximate surface area is 156 Å². The predicted octanol–water partition coefficient (Wildman–Crippen LogP) is 5.74. The molecule has 0 aliphatic carbocycles. The van der Waals surface area contributed by atoms with Crippen LogP contribution in [0.3, 0.4) is 0 Å². The van der Waals surface area contributed by atoms with Crippen molar-refractivity contribution in [3.05, 3.63) is 65.0 Å². The summed E-state index contributed by atoms with van der Waals surface area (Å²) in [6, 6.07) is 7.04. The average Bonchev–Trinajstić information content (AvgIpc) is 2.57. The number of ether oxygens (including phenoxy) is 1. The molecule has 26 heavy (non-hydrogen) atoms. The van der Waals surface area contributed by atoms with Crippen LogP contribution in [0, 0.1) is 17.5 Å². The van der Waals surface area contributed by atoms with Crippen molar-refractivity contribution in [1.29, 1.82) is 0 Å². The molecule has 140 valence electrons. The summed E-state index contributed by atoms with van der Waals surface area (Å²) in [6.45, 7) is 2.09. The van der Waals surface area contributed by atoms with E-state index in [2.05, 4.69) is 19.6 Å². The molecule has 6 heteroatoms. The van der Waals surface area contributed by atoms with Gasteiger partial charge in [0.05, 0.1) is 0 Å². The quantitative estimate of drug-likeness (QED) is 0.358. The Morgan fingerprint density at radius 2 is 1.77 bits per heavy atom. The van der Waals surface area contributed by atoms with Crippen LogP contribution in [0.2, 0.25) is 0 Å². The molecule has 0 saturated heterocycles. The van der Waals surface area contributed by atoms with Crippen molar-refractivity contribution in [2.24, 2.45) is 0 Å². The lowest BCUT2D eigenvalue weighted by atomic mass is 10.0. The average molecular weight is 382 g/mol. The maximum atomic E-state index is 14.2. The van der Waals surface area contributed by atoms with E-state index in [0.717, 1.165) is 49.9 Å². The molecule has 0 aromatic heterocycles. The molecule has 1 atom stereocenters. The van der Waals surface area contributed by atoms with Gasteiger partial charge < -0.3 is 4.74 Å². The number of aryl methyl sites for hydroxylation is 1.